The molecule has 2 aromatic rings. The monoisotopic (exact) mass is 320 g/mol. The summed E-state index contributed by atoms with van der Waals surface area (Å²) >= 11 is 0. The maximum Gasteiger partial charge on any atom is 0.260 e. The van der Waals surface area contributed by atoms with Crippen LogP contribution in [0.4, 0.5) is 4.39 Å². The molecule has 0 saturated carbocycles. The highest BCUT2D eigenvalue weighted by molar-refractivity contribution is 5.77. The number of para-hydroxylation sites is 1. The van der Waals surface area contributed by atoms with Gasteiger partial charge in [0.25, 0.3) is 5.91 Å². The Kier molecular flexibility index (Phi) is 4.52. The Morgan fingerprint density at radius 1 is 1.48 bits per heavy atom. The van der Waals surface area contributed by atoms with Crippen LogP contribution in [-0.2, 0) is 16.6 Å². The fourth-order valence-corrected chi connectivity index (χ4v) is 2.41. The van der Waals surface area contributed by atoms with Crippen molar-refractivity contribution in [1.82, 2.24) is 19.7 Å². The van der Waals surface area contributed by atoms with Gasteiger partial charge in [-0.15, -0.1) is 10.2 Å². The van der Waals surface area contributed by atoms with Crippen LogP contribution < -0.4 is 4.74 Å². The quantitative estimate of drug-likeness (QED) is 0.838. The van der Waals surface area contributed by atoms with Crippen molar-refractivity contribution in [3.05, 3.63) is 42.2 Å². The molecule has 0 radical (unpaired) electrons. The van der Waals surface area contributed by atoms with Gasteiger partial charge in [-0.3, -0.25) is 4.79 Å². The third-order valence-corrected chi connectivity index (χ3v) is 3.64. The van der Waals surface area contributed by atoms with Gasteiger partial charge >= 0.3 is 0 Å². The first-order valence-corrected chi connectivity index (χ1v) is 7.25. The summed E-state index contributed by atoms with van der Waals surface area (Å²) < 4.78 is 26.2. The van der Waals surface area contributed by atoms with Gasteiger partial charge in [-0.2, -0.15) is 0 Å². The number of hydrogen-bond donors (Lipinski definition) is 0. The van der Waals surface area contributed by atoms with E-state index in [-0.39, 0.29) is 24.4 Å². The molecule has 1 fully saturated rings. The number of carbonyl (C=O) groups is 1. The number of halogens is 1. The van der Waals surface area contributed by atoms with E-state index in [1.54, 1.807) is 27.9 Å². The molecule has 1 aliphatic rings. The average molecular weight is 320 g/mol. The second-order valence-corrected chi connectivity index (χ2v) is 5.22. The number of nitrogens with zero attached hydrogens (tertiary/aromatic N) is 4. The largest absolute Gasteiger partial charge is 0.481 e. The van der Waals surface area contributed by atoms with Gasteiger partial charge in [0.2, 0.25) is 0 Å². The van der Waals surface area contributed by atoms with Crippen LogP contribution in [-0.4, -0.2) is 51.9 Å². The molecule has 0 spiro atoms. The van der Waals surface area contributed by atoms with Crippen molar-refractivity contribution in [2.75, 3.05) is 26.3 Å². The Hall–Kier alpha value is -2.48. The fourth-order valence-electron chi connectivity index (χ4n) is 2.41. The van der Waals surface area contributed by atoms with Crippen LogP contribution >= 0.6 is 0 Å². The SMILES string of the molecule is Cn1cnnc1[C@H]1CN(C(=O)COc2ccccc2F)CCO1. The standard InChI is InChI=1S/C15H17FN4O3/c1-19-10-17-18-15(19)13-8-20(6-7-22-13)14(21)9-23-12-5-3-2-4-11(12)16/h2-5,10,13H,6-9H2,1H3/t13-/m1/s1. The van der Waals surface area contributed by atoms with E-state index in [2.05, 4.69) is 10.2 Å². The summed E-state index contributed by atoms with van der Waals surface area (Å²) in [6.07, 6.45) is 1.26. The molecule has 1 aliphatic heterocycles. The number of morpholine rings is 1. The molecule has 0 aliphatic carbocycles. The van der Waals surface area contributed by atoms with Crippen molar-refractivity contribution in [2.45, 2.75) is 6.10 Å². The van der Waals surface area contributed by atoms with Crippen molar-refractivity contribution in [3.63, 3.8) is 0 Å². The molecule has 1 atom stereocenters. The number of amides is 1. The first kappa shape index (κ1) is 15.4. The van der Waals surface area contributed by atoms with E-state index in [0.717, 1.165) is 0 Å². The number of ether oxygens (including phenoxy) is 2. The lowest BCUT2D eigenvalue weighted by molar-refractivity contribution is -0.141. The molecule has 0 N–H and O–H groups in total. The average Bonchev–Trinajstić information content (AvgIpc) is 3.00. The second kappa shape index (κ2) is 6.74. The summed E-state index contributed by atoms with van der Waals surface area (Å²) in [6, 6.07) is 6.00. The number of carbonyl (C=O) groups excluding carboxylic acids is 1. The third kappa shape index (κ3) is 3.48. The first-order valence-electron chi connectivity index (χ1n) is 7.25. The van der Waals surface area contributed by atoms with Crippen LogP contribution in [0.25, 0.3) is 0 Å². The number of aromatic nitrogens is 3. The summed E-state index contributed by atoms with van der Waals surface area (Å²) in [5, 5.41) is 7.82. The number of aryl methyl sites for hydroxylation is 1. The Labute approximate surface area is 132 Å². The molecule has 0 bridgehead atoms. The molecule has 8 heteroatoms. The highest BCUT2D eigenvalue weighted by Gasteiger charge is 2.28. The molecular weight excluding hydrogens is 303 g/mol. The lowest BCUT2D eigenvalue weighted by atomic mass is 10.2. The summed E-state index contributed by atoms with van der Waals surface area (Å²) in [5.41, 5.74) is 0. The fraction of sp³-hybridized carbons (Fsp3) is 0.400. The van der Waals surface area contributed by atoms with Gasteiger partial charge < -0.3 is 18.9 Å². The van der Waals surface area contributed by atoms with E-state index in [0.29, 0.717) is 25.5 Å². The van der Waals surface area contributed by atoms with Crippen molar-refractivity contribution < 1.29 is 18.7 Å². The Morgan fingerprint density at radius 2 is 2.30 bits per heavy atom. The maximum atomic E-state index is 13.5. The topological polar surface area (TPSA) is 69.5 Å². The van der Waals surface area contributed by atoms with Crippen molar-refractivity contribution in [3.8, 4) is 5.75 Å². The highest BCUT2D eigenvalue weighted by Crippen LogP contribution is 2.20. The van der Waals surface area contributed by atoms with Gasteiger partial charge in [0, 0.05) is 13.6 Å². The predicted molar refractivity (Wildman–Crippen MR) is 78.2 cm³/mol. The summed E-state index contributed by atoms with van der Waals surface area (Å²) in [7, 11) is 1.82. The molecule has 23 heavy (non-hydrogen) atoms. The zero-order valence-electron chi connectivity index (χ0n) is 12.7. The van der Waals surface area contributed by atoms with Crippen molar-refractivity contribution in [2.24, 2.45) is 7.05 Å². The van der Waals surface area contributed by atoms with E-state index in [1.807, 2.05) is 7.05 Å². The van der Waals surface area contributed by atoms with Gasteiger partial charge in [0.15, 0.2) is 24.0 Å². The van der Waals surface area contributed by atoms with Gasteiger partial charge in [-0.05, 0) is 12.1 Å². The zero-order chi connectivity index (χ0) is 16.2. The number of rotatable bonds is 4. The smallest absolute Gasteiger partial charge is 0.260 e. The van der Waals surface area contributed by atoms with Gasteiger partial charge in [-0.1, -0.05) is 12.1 Å². The molecule has 1 aromatic heterocycles. The maximum absolute atomic E-state index is 13.5. The molecule has 0 unspecified atom stereocenters. The molecular formula is C15H17FN4O3. The van der Waals surface area contributed by atoms with Crippen molar-refractivity contribution in [1.29, 1.82) is 0 Å². The molecule has 7 nitrogen and oxygen atoms in total. The van der Waals surface area contributed by atoms with Gasteiger partial charge in [0.1, 0.15) is 12.4 Å². The molecule has 2 heterocycles. The van der Waals surface area contributed by atoms with Gasteiger partial charge in [-0.25, -0.2) is 4.39 Å². The van der Waals surface area contributed by atoms with Crippen LogP contribution in [0.1, 0.15) is 11.9 Å². The number of benzene rings is 1. The van der Waals surface area contributed by atoms with E-state index in [9.17, 15) is 9.18 Å². The normalized spacial score (nSPS) is 18.0. The summed E-state index contributed by atoms with van der Waals surface area (Å²) in [4.78, 5) is 13.9. The van der Waals surface area contributed by atoms with Crippen LogP contribution in [0.3, 0.4) is 0 Å². The van der Waals surface area contributed by atoms with Crippen LogP contribution in [0.2, 0.25) is 0 Å². The molecule has 1 saturated heterocycles. The van der Waals surface area contributed by atoms with Crippen LogP contribution in [0.5, 0.6) is 5.75 Å². The van der Waals surface area contributed by atoms with Crippen LogP contribution in [0, 0.1) is 5.82 Å². The minimum absolute atomic E-state index is 0.0685. The van der Waals surface area contributed by atoms with E-state index >= 15 is 0 Å². The minimum Gasteiger partial charge on any atom is -0.481 e. The Morgan fingerprint density at radius 3 is 3.04 bits per heavy atom. The summed E-state index contributed by atoms with van der Waals surface area (Å²) in [6.45, 7) is 1.02. The van der Waals surface area contributed by atoms with E-state index in [4.69, 9.17) is 9.47 Å². The Balaban J connectivity index is 1.59. The third-order valence-electron chi connectivity index (χ3n) is 3.64. The minimum atomic E-state index is -0.487. The Bertz CT molecular complexity index is 691. The number of hydrogen-bond acceptors (Lipinski definition) is 5. The lowest BCUT2D eigenvalue weighted by Crippen LogP contribution is -2.44. The van der Waals surface area contributed by atoms with Crippen molar-refractivity contribution >= 4 is 5.91 Å². The molecule has 1 aromatic carbocycles. The first-order chi connectivity index (χ1) is 11.1. The van der Waals surface area contributed by atoms with Crippen LogP contribution in [0.15, 0.2) is 30.6 Å². The zero-order valence-corrected chi connectivity index (χ0v) is 12.7. The second-order valence-electron chi connectivity index (χ2n) is 5.22. The summed E-state index contributed by atoms with van der Waals surface area (Å²) in [5.74, 6) is 0.0273. The lowest BCUT2D eigenvalue weighted by Gasteiger charge is -2.32. The molecule has 3 rings (SSSR count). The molecule has 122 valence electrons. The molecule has 1 amide bonds. The van der Waals surface area contributed by atoms with Gasteiger partial charge in [0.05, 0.1) is 13.2 Å². The predicted octanol–water partition coefficient (Wildman–Crippen LogP) is 0.933. The van der Waals surface area contributed by atoms with E-state index < -0.39 is 5.82 Å². The van der Waals surface area contributed by atoms with E-state index in [1.165, 1.54) is 12.1 Å². The highest BCUT2D eigenvalue weighted by atomic mass is 19.1.